The van der Waals surface area contributed by atoms with Crippen LogP contribution in [0.25, 0.3) is 0 Å². The number of hydrogen-bond donors (Lipinski definition) is 0. The minimum atomic E-state index is -1.66. The van der Waals surface area contributed by atoms with E-state index in [1.165, 1.54) is 13.8 Å². The summed E-state index contributed by atoms with van der Waals surface area (Å²) in [6.07, 6.45) is -7.58. The van der Waals surface area contributed by atoms with Gasteiger partial charge >= 0.3 is 23.9 Å². The lowest BCUT2D eigenvalue weighted by atomic mass is 9.96. The number of carbonyl (C=O) groups excluding carboxylic acids is 5. The first-order valence-corrected chi connectivity index (χ1v) is 8.90. The zero-order chi connectivity index (χ0) is 22.1. The maximum atomic E-state index is 12.2. The number of ketones is 1. The molecular weight excluding hydrogens is 392 g/mol. The molecular formula is C18H24O11. The van der Waals surface area contributed by atoms with Crippen molar-refractivity contribution in [1.29, 1.82) is 0 Å². The highest BCUT2D eigenvalue weighted by Gasteiger charge is 2.67. The fraction of sp³-hybridized carbons (Fsp3) is 0.722. The highest BCUT2D eigenvalue weighted by molar-refractivity contribution is 5.84. The van der Waals surface area contributed by atoms with E-state index in [9.17, 15) is 24.0 Å². The van der Waals surface area contributed by atoms with Gasteiger partial charge in [0.05, 0.1) is 0 Å². The van der Waals surface area contributed by atoms with Crippen molar-refractivity contribution in [3.05, 3.63) is 0 Å². The zero-order valence-corrected chi connectivity index (χ0v) is 17.0. The van der Waals surface area contributed by atoms with Crippen molar-refractivity contribution in [3.8, 4) is 0 Å². The van der Waals surface area contributed by atoms with E-state index in [1.807, 2.05) is 0 Å². The molecule has 2 aliphatic heterocycles. The fourth-order valence-electron chi connectivity index (χ4n) is 3.54. The van der Waals surface area contributed by atoms with Crippen LogP contribution in [0.3, 0.4) is 0 Å². The normalized spacial score (nSPS) is 33.9. The van der Waals surface area contributed by atoms with Gasteiger partial charge < -0.3 is 28.4 Å². The van der Waals surface area contributed by atoms with Crippen molar-refractivity contribution in [3.63, 3.8) is 0 Å². The lowest BCUT2D eigenvalue weighted by Gasteiger charge is -2.42. The Bertz CT molecular complexity index is 717. The number of ether oxygens (including phenoxy) is 6. The summed E-state index contributed by atoms with van der Waals surface area (Å²) in [6.45, 7) is 7.11. The molecule has 2 rings (SSSR count). The Balaban J connectivity index is 2.53. The van der Waals surface area contributed by atoms with Gasteiger partial charge in [0.15, 0.2) is 30.2 Å². The molecule has 2 bridgehead atoms. The second-order valence-corrected chi connectivity index (χ2v) is 7.00. The van der Waals surface area contributed by atoms with Crippen molar-refractivity contribution >= 4 is 29.7 Å². The summed E-state index contributed by atoms with van der Waals surface area (Å²) in [5.41, 5.74) is 0. The maximum Gasteiger partial charge on any atom is 0.303 e. The van der Waals surface area contributed by atoms with Crippen LogP contribution in [-0.2, 0) is 52.4 Å². The molecule has 2 heterocycles. The molecule has 7 atom stereocenters. The molecule has 11 nitrogen and oxygen atoms in total. The first-order valence-electron chi connectivity index (χ1n) is 8.90. The Hall–Kier alpha value is -2.53. The van der Waals surface area contributed by atoms with Gasteiger partial charge in [-0.1, -0.05) is 0 Å². The fourth-order valence-corrected chi connectivity index (χ4v) is 3.54. The van der Waals surface area contributed by atoms with E-state index < -0.39 is 72.1 Å². The summed E-state index contributed by atoms with van der Waals surface area (Å²) in [4.78, 5) is 58.6. The summed E-state index contributed by atoms with van der Waals surface area (Å²) in [5.74, 6) is -5.12. The van der Waals surface area contributed by atoms with Crippen LogP contribution in [0, 0.1) is 0 Å². The Morgan fingerprint density at radius 1 is 0.759 bits per heavy atom. The molecule has 0 N–H and O–H groups in total. The van der Waals surface area contributed by atoms with Crippen LogP contribution < -0.4 is 0 Å². The molecule has 162 valence electrons. The summed E-state index contributed by atoms with van der Waals surface area (Å²) < 4.78 is 32.6. The van der Waals surface area contributed by atoms with E-state index in [-0.39, 0.29) is 0 Å². The van der Waals surface area contributed by atoms with Gasteiger partial charge in [-0.15, -0.1) is 0 Å². The van der Waals surface area contributed by atoms with E-state index in [4.69, 9.17) is 28.4 Å². The predicted octanol–water partition coefficient (Wildman–Crippen LogP) is -0.184. The van der Waals surface area contributed by atoms with Crippen LogP contribution >= 0.6 is 0 Å². The van der Waals surface area contributed by atoms with Crippen LogP contribution in [0.15, 0.2) is 0 Å². The van der Waals surface area contributed by atoms with Crippen LogP contribution in [0.4, 0.5) is 0 Å². The lowest BCUT2D eigenvalue weighted by Crippen LogP contribution is -2.60. The van der Waals surface area contributed by atoms with Gasteiger partial charge in [0.25, 0.3) is 0 Å². The molecule has 0 unspecified atom stereocenters. The van der Waals surface area contributed by atoms with Crippen molar-refractivity contribution < 1.29 is 52.4 Å². The van der Waals surface area contributed by atoms with Gasteiger partial charge in [0, 0.05) is 27.7 Å². The predicted molar refractivity (Wildman–Crippen MR) is 91.0 cm³/mol. The van der Waals surface area contributed by atoms with E-state index >= 15 is 0 Å². The third-order valence-corrected chi connectivity index (χ3v) is 4.42. The molecule has 2 fully saturated rings. The van der Waals surface area contributed by atoms with Gasteiger partial charge in [-0.05, 0) is 13.8 Å². The Kier molecular flexibility index (Phi) is 6.63. The van der Waals surface area contributed by atoms with Gasteiger partial charge in [-0.2, -0.15) is 0 Å². The molecule has 0 spiro atoms. The number of fused-ring (bicyclic) bond motifs is 2. The molecule has 2 aliphatic rings. The van der Waals surface area contributed by atoms with Crippen LogP contribution in [-0.4, -0.2) is 72.1 Å². The number of carbonyl (C=O) groups is 5. The number of rotatable bonds is 6. The molecule has 2 saturated heterocycles. The lowest BCUT2D eigenvalue weighted by molar-refractivity contribution is -0.337. The second-order valence-electron chi connectivity index (χ2n) is 7.00. The number of esters is 4. The van der Waals surface area contributed by atoms with Crippen LogP contribution in [0.2, 0.25) is 0 Å². The monoisotopic (exact) mass is 416 g/mol. The van der Waals surface area contributed by atoms with Gasteiger partial charge in [-0.3, -0.25) is 24.0 Å². The molecule has 0 aliphatic carbocycles. The highest BCUT2D eigenvalue weighted by Crippen LogP contribution is 2.45. The second kappa shape index (κ2) is 8.46. The Morgan fingerprint density at radius 2 is 1.28 bits per heavy atom. The van der Waals surface area contributed by atoms with Gasteiger partial charge in [0.1, 0.15) is 12.2 Å². The van der Waals surface area contributed by atoms with Crippen molar-refractivity contribution in [1.82, 2.24) is 0 Å². The van der Waals surface area contributed by atoms with Crippen molar-refractivity contribution in [2.45, 2.75) is 84.0 Å². The summed E-state index contributed by atoms with van der Waals surface area (Å²) in [6, 6.07) is 0. The van der Waals surface area contributed by atoms with E-state index in [2.05, 4.69) is 0 Å². The molecule has 0 saturated carbocycles. The number of Topliss-reactive ketones (excluding diaryl/α,β-unsaturated/α-hetero) is 1. The smallest absolute Gasteiger partial charge is 0.303 e. The minimum absolute atomic E-state index is 0.569. The molecule has 11 heteroatoms. The molecule has 0 aromatic heterocycles. The standard InChI is InChI=1S/C18H24O11/c1-7(19)12(24-8(2)20)14-13(25-9(3)21)15-16(26-10(4)22)17(27-11(5)23)18(6,28-14)29-15/h12-17H,1-6H3/t12-,13+,14+,15+,16-,17+,18+/m0/s1. The first-order chi connectivity index (χ1) is 13.4. The topological polar surface area (TPSA) is 141 Å². The molecule has 0 aromatic rings. The average Bonchev–Trinajstić information content (AvgIpc) is 2.76. The van der Waals surface area contributed by atoms with Crippen molar-refractivity contribution in [2.24, 2.45) is 0 Å². The minimum Gasteiger partial charge on any atom is -0.457 e. The largest absolute Gasteiger partial charge is 0.457 e. The summed E-state index contributed by atoms with van der Waals surface area (Å²) in [5, 5.41) is 0. The maximum absolute atomic E-state index is 12.2. The van der Waals surface area contributed by atoms with E-state index in [1.54, 1.807) is 0 Å². The molecule has 0 amide bonds. The van der Waals surface area contributed by atoms with E-state index in [0.717, 1.165) is 27.7 Å². The Morgan fingerprint density at radius 3 is 1.72 bits per heavy atom. The quantitative estimate of drug-likeness (QED) is 0.420. The van der Waals surface area contributed by atoms with Gasteiger partial charge in [-0.25, -0.2) is 0 Å². The van der Waals surface area contributed by atoms with Crippen molar-refractivity contribution in [2.75, 3.05) is 0 Å². The third-order valence-electron chi connectivity index (χ3n) is 4.42. The summed E-state index contributed by atoms with van der Waals surface area (Å²) >= 11 is 0. The van der Waals surface area contributed by atoms with Crippen LogP contribution in [0.5, 0.6) is 0 Å². The number of hydrogen-bond acceptors (Lipinski definition) is 11. The highest BCUT2D eigenvalue weighted by atomic mass is 16.8. The van der Waals surface area contributed by atoms with E-state index in [0.29, 0.717) is 0 Å². The molecule has 0 aromatic carbocycles. The first kappa shape index (κ1) is 22.8. The zero-order valence-electron chi connectivity index (χ0n) is 17.0. The molecule has 29 heavy (non-hydrogen) atoms. The molecule has 0 radical (unpaired) electrons. The van der Waals surface area contributed by atoms with Crippen LogP contribution in [0.1, 0.15) is 41.5 Å². The van der Waals surface area contributed by atoms with Gasteiger partial charge in [0.2, 0.25) is 5.79 Å². The SMILES string of the molecule is CC(=O)O[C@H]1[C@H]2O[C@@](C)(O[C@@H]1[C@@H](OC(C)=O)C(C)=O)[C@H](OC(C)=O)[C@H]2OC(C)=O. The summed E-state index contributed by atoms with van der Waals surface area (Å²) in [7, 11) is 0. The third kappa shape index (κ3) is 4.91. The Labute approximate surface area is 166 Å². The average molecular weight is 416 g/mol.